The highest BCUT2D eigenvalue weighted by atomic mass is 79.9. The lowest BCUT2D eigenvalue weighted by Gasteiger charge is -2.09. The Labute approximate surface area is 88.1 Å². The number of aliphatic hydroxyl groups is 2. The SMILES string of the molecule is CC(C)=CCCC(C)=CC(O)(O)Br. The molecule has 0 aliphatic carbocycles. The van der Waals surface area contributed by atoms with E-state index in [9.17, 15) is 0 Å². The summed E-state index contributed by atoms with van der Waals surface area (Å²) in [6.45, 7) is 5.97. The van der Waals surface area contributed by atoms with Crippen LogP contribution in [0.4, 0.5) is 0 Å². The first-order valence-electron chi connectivity index (χ1n) is 4.26. The number of alkyl halides is 1. The van der Waals surface area contributed by atoms with Crippen LogP contribution in [-0.2, 0) is 0 Å². The first-order chi connectivity index (χ1) is 5.81. The molecule has 0 aromatic carbocycles. The van der Waals surface area contributed by atoms with Crippen molar-refractivity contribution in [2.45, 2.75) is 38.3 Å². The van der Waals surface area contributed by atoms with Gasteiger partial charge in [-0.1, -0.05) is 17.2 Å². The van der Waals surface area contributed by atoms with E-state index in [2.05, 4.69) is 22.0 Å². The third-order valence-corrected chi connectivity index (χ3v) is 1.75. The predicted octanol–water partition coefficient (Wildman–Crippen LogP) is 2.71. The summed E-state index contributed by atoms with van der Waals surface area (Å²) in [4.78, 5) is 0. The van der Waals surface area contributed by atoms with Crippen molar-refractivity contribution in [3.8, 4) is 0 Å². The third-order valence-electron chi connectivity index (χ3n) is 1.52. The second kappa shape index (κ2) is 5.58. The minimum absolute atomic E-state index is 0.847. The van der Waals surface area contributed by atoms with Crippen LogP contribution in [0, 0.1) is 0 Å². The van der Waals surface area contributed by atoms with E-state index < -0.39 is 4.70 Å². The van der Waals surface area contributed by atoms with Crippen LogP contribution in [0.2, 0.25) is 0 Å². The lowest BCUT2D eigenvalue weighted by Crippen LogP contribution is -2.14. The van der Waals surface area contributed by atoms with E-state index in [1.807, 2.05) is 20.8 Å². The van der Waals surface area contributed by atoms with Crippen molar-refractivity contribution >= 4 is 15.9 Å². The van der Waals surface area contributed by atoms with Crippen LogP contribution in [0.3, 0.4) is 0 Å². The van der Waals surface area contributed by atoms with Crippen LogP contribution in [0.15, 0.2) is 23.3 Å². The first kappa shape index (κ1) is 12.9. The molecule has 0 saturated carbocycles. The molecule has 2 N–H and O–H groups in total. The Morgan fingerprint density at radius 1 is 1.31 bits per heavy atom. The standard InChI is InChI=1S/C10H17BrO2/c1-8(2)5-4-6-9(3)7-10(11,12)13/h5,7,12-13H,4,6H2,1-3H3. The van der Waals surface area contributed by atoms with Gasteiger partial charge in [0.05, 0.1) is 0 Å². The van der Waals surface area contributed by atoms with Gasteiger partial charge in [-0.2, -0.15) is 0 Å². The van der Waals surface area contributed by atoms with Crippen LogP contribution in [0.25, 0.3) is 0 Å². The Morgan fingerprint density at radius 2 is 1.85 bits per heavy atom. The Balaban J connectivity index is 3.95. The largest absolute Gasteiger partial charge is 0.354 e. The van der Waals surface area contributed by atoms with E-state index >= 15 is 0 Å². The van der Waals surface area contributed by atoms with Gasteiger partial charge in [0.25, 0.3) is 0 Å². The summed E-state index contributed by atoms with van der Waals surface area (Å²) in [6, 6.07) is 0. The minimum Gasteiger partial charge on any atom is -0.354 e. The fraction of sp³-hybridized carbons (Fsp3) is 0.600. The average Bonchev–Trinajstić information content (AvgIpc) is 1.81. The summed E-state index contributed by atoms with van der Waals surface area (Å²) in [5.41, 5.74) is 2.24. The maximum Gasteiger partial charge on any atom is 0.242 e. The normalized spacial score (nSPS) is 12.9. The summed E-state index contributed by atoms with van der Waals surface area (Å²) < 4.78 is -1.86. The van der Waals surface area contributed by atoms with E-state index in [1.54, 1.807) is 0 Å². The van der Waals surface area contributed by atoms with Crippen LogP contribution in [-0.4, -0.2) is 14.9 Å². The van der Waals surface area contributed by atoms with Crippen molar-refractivity contribution in [1.29, 1.82) is 0 Å². The van der Waals surface area contributed by atoms with Crippen molar-refractivity contribution in [1.82, 2.24) is 0 Å². The van der Waals surface area contributed by atoms with E-state index in [4.69, 9.17) is 10.2 Å². The van der Waals surface area contributed by atoms with E-state index in [0.29, 0.717) is 0 Å². The van der Waals surface area contributed by atoms with Crippen LogP contribution in [0.1, 0.15) is 33.6 Å². The second-order valence-electron chi connectivity index (χ2n) is 3.45. The molecule has 0 spiro atoms. The predicted molar refractivity (Wildman–Crippen MR) is 58.5 cm³/mol. The highest BCUT2D eigenvalue weighted by Gasteiger charge is 2.12. The molecule has 0 atom stereocenters. The van der Waals surface area contributed by atoms with Crippen molar-refractivity contribution in [3.05, 3.63) is 23.3 Å². The number of hydrogen-bond acceptors (Lipinski definition) is 2. The zero-order chi connectivity index (χ0) is 10.5. The summed E-state index contributed by atoms with van der Waals surface area (Å²) in [5, 5.41) is 18.0. The highest BCUT2D eigenvalue weighted by Crippen LogP contribution is 2.16. The smallest absolute Gasteiger partial charge is 0.242 e. The van der Waals surface area contributed by atoms with Gasteiger partial charge in [0.1, 0.15) is 0 Å². The van der Waals surface area contributed by atoms with E-state index in [0.717, 1.165) is 18.4 Å². The molecule has 3 heteroatoms. The van der Waals surface area contributed by atoms with Gasteiger partial charge in [-0.15, -0.1) is 0 Å². The van der Waals surface area contributed by atoms with Gasteiger partial charge in [-0.25, -0.2) is 0 Å². The van der Waals surface area contributed by atoms with E-state index in [-0.39, 0.29) is 0 Å². The number of halogens is 1. The highest BCUT2D eigenvalue weighted by molar-refractivity contribution is 9.10. The number of rotatable bonds is 4. The van der Waals surface area contributed by atoms with Crippen molar-refractivity contribution in [2.24, 2.45) is 0 Å². The van der Waals surface area contributed by atoms with Crippen molar-refractivity contribution in [3.63, 3.8) is 0 Å². The lowest BCUT2D eigenvalue weighted by molar-refractivity contribution is -0.0265. The quantitative estimate of drug-likeness (QED) is 0.457. The molecule has 0 unspecified atom stereocenters. The molecule has 0 heterocycles. The Kier molecular flexibility index (Phi) is 5.53. The molecule has 0 aromatic rings. The van der Waals surface area contributed by atoms with Crippen molar-refractivity contribution < 1.29 is 10.2 Å². The molecule has 0 aliphatic heterocycles. The maximum atomic E-state index is 8.98. The van der Waals surface area contributed by atoms with Crippen molar-refractivity contribution in [2.75, 3.05) is 0 Å². The van der Waals surface area contributed by atoms with Gasteiger partial charge in [0.15, 0.2) is 0 Å². The van der Waals surface area contributed by atoms with E-state index in [1.165, 1.54) is 11.6 Å². The Morgan fingerprint density at radius 3 is 2.23 bits per heavy atom. The molecule has 0 bridgehead atoms. The topological polar surface area (TPSA) is 40.5 Å². The number of allylic oxidation sites excluding steroid dienone is 3. The van der Waals surface area contributed by atoms with Gasteiger partial charge in [0, 0.05) is 0 Å². The average molecular weight is 249 g/mol. The summed E-state index contributed by atoms with van der Waals surface area (Å²) in [5.74, 6) is 0. The van der Waals surface area contributed by atoms with Gasteiger partial charge in [-0.05, 0) is 55.6 Å². The molecule has 0 fully saturated rings. The first-order valence-corrected chi connectivity index (χ1v) is 5.06. The van der Waals surface area contributed by atoms with Gasteiger partial charge in [-0.3, -0.25) is 0 Å². The van der Waals surface area contributed by atoms with Crippen LogP contribution in [0.5, 0.6) is 0 Å². The van der Waals surface area contributed by atoms with Crippen LogP contribution < -0.4 is 0 Å². The molecular formula is C10H17BrO2. The molecule has 0 saturated heterocycles. The molecule has 0 aliphatic rings. The summed E-state index contributed by atoms with van der Waals surface area (Å²) in [6.07, 6.45) is 5.31. The monoisotopic (exact) mass is 248 g/mol. The zero-order valence-corrected chi connectivity index (χ0v) is 9.93. The molecule has 0 radical (unpaired) electrons. The van der Waals surface area contributed by atoms with Gasteiger partial charge >= 0.3 is 0 Å². The zero-order valence-electron chi connectivity index (χ0n) is 8.34. The molecule has 0 aromatic heterocycles. The molecular weight excluding hydrogens is 232 g/mol. The molecule has 76 valence electrons. The maximum absolute atomic E-state index is 8.98. The summed E-state index contributed by atoms with van der Waals surface area (Å²) >= 11 is 2.72. The minimum atomic E-state index is -1.86. The second-order valence-corrected chi connectivity index (χ2v) is 4.61. The molecule has 0 amide bonds. The fourth-order valence-corrected chi connectivity index (χ4v) is 1.36. The molecule has 2 nitrogen and oxygen atoms in total. The lowest BCUT2D eigenvalue weighted by atomic mass is 10.1. The molecule has 13 heavy (non-hydrogen) atoms. The van der Waals surface area contributed by atoms with Gasteiger partial charge < -0.3 is 10.2 Å². The Bertz CT molecular complexity index is 207. The van der Waals surface area contributed by atoms with Crippen LogP contribution >= 0.6 is 15.9 Å². The van der Waals surface area contributed by atoms with Gasteiger partial charge in [0.2, 0.25) is 4.70 Å². The summed E-state index contributed by atoms with van der Waals surface area (Å²) in [7, 11) is 0. The molecule has 0 rings (SSSR count). The fourth-order valence-electron chi connectivity index (χ4n) is 0.974. The third kappa shape index (κ3) is 9.80. The number of hydrogen-bond donors (Lipinski definition) is 2. The Hall–Kier alpha value is -0.120.